The summed E-state index contributed by atoms with van der Waals surface area (Å²) in [7, 11) is 2.99. The van der Waals surface area contributed by atoms with E-state index in [9.17, 15) is 19.8 Å². The molecule has 5 rings (SSSR count). The molecule has 0 bridgehead atoms. The zero-order chi connectivity index (χ0) is 24.7. The number of aliphatic hydroxyl groups is 1. The molecule has 0 spiro atoms. The summed E-state index contributed by atoms with van der Waals surface area (Å²) in [6.07, 6.45) is 0. The molecule has 0 aliphatic carbocycles. The van der Waals surface area contributed by atoms with Gasteiger partial charge >= 0.3 is 0 Å². The van der Waals surface area contributed by atoms with E-state index in [-0.39, 0.29) is 17.1 Å². The summed E-state index contributed by atoms with van der Waals surface area (Å²) in [5.41, 5.74) is 1.05. The number of furan rings is 1. The highest BCUT2D eigenvalue weighted by atomic mass is 16.5. The number of hydrogen-bond donors (Lipinski definition) is 2. The number of carbonyl (C=O) groups excluding carboxylic acids is 2. The predicted octanol–water partition coefficient (Wildman–Crippen LogP) is 4.94. The van der Waals surface area contributed by atoms with Gasteiger partial charge in [0.15, 0.2) is 22.9 Å². The SMILES string of the molecule is COc1cccc(N2C(=O)C(O)=C(C(=O)c3cc4cccc(OC)c4o3)C2c2cccc(O)c2)c1. The van der Waals surface area contributed by atoms with Crippen molar-refractivity contribution in [3.05, 3.63) is 95.5 Å². The molecule has 2 heterocycles. The maximum atomic E-state index is 13.7. The maximum Gasteiger partial charge on any atom is 0.294 e. The van der Waals surface area contributed by atoms with Crippen molar-refractivity contribution in [2.75, 3.05) is 19.1 Å². The quantitative estimate of drug-likeness (QED) is 0.384. The highest BCUT2D eigenvalue weighted by Crippen LogP contribution is 2.43. The van der Waals surface area contributed by atoms with Crippen LogP contribution in [0.2, 0.25) is 0 Å². The van der Waals surface area contributed by atoms with E-state index in [2.05, 4.69) is 0 Å². The van der Waals surface area contributed by atoms with Crippen molar-refractivity contribution in [3.8, 4) is 17.2 Å². The Labute approximate surface area is 200 Å². The Balaban J connectivity index is 1.67. The number of aromatic hydroxyl groups is 1. The molecule has 1 amide bonds. The van der Waals surface area contributed by atoms with Crippen LogP contribution in [-0.4, -0.2) is 36.1 Å². The minimum Gasteiger partial charge on any atom is -0.508 e. The number of phenols is 1. The largest absolute Gasteiger partial charge is 0.508 e. The number of rotatable bonds is 6. The van der Waals surface area contributed by atoms with Crippen molar-refractivity contribution in [1.82, 2.24) is 0 Å². The summed E-state index contributed by atoms with van der Waals surface area (Å²) < 4.78 is 16.4. The number of aliphatic hydroxyl groups excluding tert-OH is 1. The monoisotopic (exact) mass is 471 g/mol. The topological polar surface area (TPSA) is 109 Å². The summed E-state index contributed by atoms with van der Waals surface area (Å²) in [5.74, 6) is -1.28. The number of Topliss-reactive ketones (excluding diaryl/α,β-unsaturated/α-hetero) is 1. The van der Waals surface area contributed by atoms with Crippen LogP contribution < -0.4 is 14.4 Å². The highest BCUT2D eigenvalue weighted by molar-refractivity contribution is 6.20. The fraction of sp³-hybridized carbons (Fsp3) is 0.111. The van der Waals surface area contributed by atoms with Crippen LogP contribution in [0.5, 0.6) is 17.2 Å². The lowest BCUT2D eigenvalue weighted by molar-refractivity contribution is -0.117. The Kier molecular flexibility index (Phi) is 5.41. The number of carbonyl (C=O) groups is 2. The number of anilines is 1. The van der Waals surface area contributed by atoms with Crippen LogP contribution in [0.4, 0.5) is 5.69 Å². The summed E-state index contributed by atoms with van der Waals surface area (Å²) in [4.78, 5) is 28.3. The van der Waals surface area contributed by atoms with Crippen molar-refractivity contribution in [2.24, 2.45) is 0 Å². The Bertz CT molecular complexity index is 1500. The second kappa shape index (κ2) is 8.57. The van der Waals surface area contributed by atoms with Crippen molar-refractivity contribution < 1.29 is 33.7 Å². The smallest absolute Gasteiger partial charge is 0.294 e. The molecule has 0 saturated carbocycles. The number of para-hydroxylation sites is 1. The van der Waals surface area contributed by atoms with E-state index < -0.39 is 23.5 Å². The molecular weight excluding hydrogens is 450 g/mol. The van der Waals surface area contributed by atoms with Gasteiger partial charge in [0, 0.05) is 17.1 Å². The Morgan fingerprint density at radius 1 is 0.943 bits per heavy atom. The molecule has 35 heavy (non-hydrogen) atoms. The van der Waals surface area contributed by atoms with Gasteiger partial charge in [-0.15, -0.1) is 0 Å². The summed E-state index contributed by atoms with van der Waals surface area (Å²) in [6, 6.07) is 18.6. The third-order valence-corrected chi connectivity index (χ3v) is 5.92. The van der Waals surface area contributed by atoms with Gasteiger partial charge in [0.25, 0.3) is 5.91 Å². The van der Waals surface area contributed by atoms with E-state index in [1.807, 2.05) is 0 Å². The molecule has 1 aromatic heterocycles. The third-order valence-electron chi connectivity index (χ3n) is 5.92. The first-order valence-electron chi connectivity index (χ1n) is 10.7. The third kappa shape index (κ3) is 3.65. The molecule has 2 N–H and O–H groups in total. The number of amides is 1. The predicted molar refractivity (Wildman–Crippen MR) is 128 cm³/mol. The summed E-state index contributed by atoms with van der Waals surface area (Å²) in [6.45, 7) is 0. The van der Waals surface area contributed by atoms with Gasteiger partial charge < -0.3 is 24.1 Å². The van der Waals surface area contributed by atoms with E-state index in [4.69, 9.17) is 13.9 Å². The Hall–Kier alpha value is -4.72. The van der Waals surface area contributed by atoms with Crippen LogP contribution in [-0.2, 0) is 4.79 Å². The molecule has 3 aromatic carbocycles. The molecule has 1 atom stereocenters. The zero-order valence-electron chi connectivity index (χ0n) is 18.9. The van der Waals surface area contributed by atoms with Crippen molar-refractivity contribution in [1.29, 1.82) is 0 Å². The van der Waals surface area contributed by atoms with E-state index in [1.54, 1.807) is 60.7 Å². The van der Waals surface area contributed by atoms with E-state index in [1.165, 1.54) is 31.3 Å². The number of benzene rings is 3. The Morgan fingerprint density at radius 3 is 2.46 bits per heavy atom. The van der Waals surface area contributed by atoms with E-state index >= 15 is 0 Å². The fourth-order valence-electron chi connectivity index (χ4n) is 4.32. The molecule has 0 fully saturated rings. The molecule has 0 saturated heterocycles. The number of ketones is 1. The van der Waals surface area contributed by atoms with Gasteiger partial charge in [-0.2, -0.15) is 0 Å². The summed E-state index contributed by atoms with van der Waals surface area (Å²) >= 11 is 0. The second-order valence-electron chi connectivity index (χ2n) is 7.95. The average Bonchev–Trinajstić information content (AvgIpc) is 3.43. The van der Waals surface area contributed by atoms with Crippen molar-refractivity contribution in [3.63, 3.8) is 0 Å². The molecule has 0 radical (unpaired) electrons. The first-order chi connectivity index (χ1) is 16.9. The number of fused-ring (bicyclic) bond motifs is 1. The van der Waals surface area contributed by atoms with Crippen LogP contribution in [0.3, 0.4) is 0 Å². The van der Waals surface area contributed by atoms with Gasteiger partial charge in [0.1, 0.15) is 11.5 Å². The minimum atomic E-state index is -1.02. The van der Waals surface area contributed by atoms with Gasteiger partial charge in [0.2, 0.25) is 5.78 Å². The molecule has 8 heteroatoms. The number of ether oxygens (including phenoxy) is 2. The molecule has 1 aliphatic rings. The van der Waals surface area contributed by atoms with Crippen LogP contribution in [0.25, 0.3) is 11.0 Å². The number of nitrogens with zero attached hydrogens (tertiary/aromatic N) is 1. The van der Waals surface area contributed by atoms with Crippen LogP contribution in [0.15, 0.2) is 88.5 Å². The molecule has 1 unspecified atom stereocenters. The average molecular weight is 471 g/mol. The Morgan fingerprint density at radius 2 is 1.71 bits per heavy atom. The normalized spacial score (nSPS) is 15.7. The second-order valence-corrected chi connectivity index (χ2v) is 7.95. The van der Waals surface area contributed by atoms with Crippen LogP contribution in [0, 0.1) is 0 Å². The lowest BCUT2D eigenvalue weighted by Crippen LogP contribution is -2.31. The van der Waals surface area contributed by atoms with Gasteiger partial charge in [-0.25, -0.2) is 0 Å². The van der Waals surface area contributed by atoms with Crippen LogP contribution >= 0.6 is 0 Å². The number of phenolic OH excluding ortho intramolecular Hbond substituents is 1. The molecule has 4 aromatic rings. The van der Waals surface area contributed by atoms with Crippen molar-refractivity contribution >= 4 is 28.3 Å². The van der Waals surface area contributed by atoms with Gasteiger partial charge in [-0.3, -0.25) is 14.5 Å². The summed E-state index contributed by atoms with van der Waals surface area (Å²) in [5, 5.41) is 21.7. The maximum absolute atomic E-state index is 13.7. The number of methoxy groups -OCH3 is 2. The van der Waals surface area contributed by atoms with E-state index in [0.717, 1.165) is 0 Å². The molecule has 176 valence electrons. The van der Waals surface area contributed by atoms with Crippen molar-refractivity contribution in [2.45, 2.75) is 6.04 Å². The van der Waals surface area contributed by atoms with Gasteiger partial charge in [-0.05, 0) is 42.0 Å². The standard InChI is InChI=1S/C27H21NO7/c1-33-19-10-5-8-17(14-19)28-23(15-6-3-9-18(29)12-15)22(25(31)27(28)32)24(30)21-13-16-7-4-11-20(34-2)26(16)35-21/h3-14,23,29,31H,1-2H3. The molecule has 1 aliphatic heterocycles. The van der Waals surface area contributed by atoms with Crippen LogP contribution in [0.1, 0.15) is 22.2 Å². The van der Waals surface area contributed by atoms with E-state index in [0.29, 0.717) is 33.7 Å². The first-order valence-corrected chi connectivity index (χ1v) is 10.7. The molecule has 8 nitrogen and oxygen atoms in total. The lowest BCUT2D eigenvalue weighted by Gasteiger charge is -2.27. The first kappa shape index (κ1) is 22.1. The molecular formula is C27H21NO7. The van der Waals surface area contributed by atoms with Gasteiger partial charge in [-0.1, -0.05) is 30.3 Å². The number of hydrogen-bond acceptors (Lipinski definition) is 7. The highest BCUT2D eigenvalue weighted by Gasteiger charge is 2.45. The minimum absolute atomic E-state index is 0.0489. The lowest BCUT2D eigenvalue weighted by atomic mass is 9.94. The zero-order valence-corrected chi connectivity index (χ0v) is 18.9. The fourth-order valence-corrected chi connectivity index (χ4v) is 4.32. The van der Waals surface area contributed by atoms with Gasteiger partial charge in [0.05, 0.1) is 25.8 Å².